The van der Waals surface area contributed by atoms with Crippen LogP contribution < -0.4 is 5.73 Å². The number of nitrogens with two attached hydrogens (primary N) is 1. The molecule has 2 N–H and O–H groups in total. The molecular formula is C9H19NO. The van der Waals surface area contributed by atoms with Crippen molar-refractivity contribution in [2.75, 3.05) is 6.54 Å². The molecule has 2 nitrogen and oxygen atoms in total. The van der Waals surface area contributed by atoms with E-state index < -0.39 is 0 Å². The maximum absolute atomic E-state index is 5.79. The van der Waals surface area contributed by atoms with Crippen molar-refractivity contribution in [1.82, 2.24) is 0 Å². The molecule has 1 atom stereocenters. The van der Waals surface area contributed by atoms with Crippen molar-refractivity contribution in [3.05, 3.63) is 0 Å². The van der Waals surface area contributed by atoms with E-state index in [1.165, 1.54) is 12.8 Å². The Labute approximate surface area is 69.1 Å². The number of rotatable bonds is 3. The van der Waals surface area contributed by atoms with E-state index in [1.54, 1.807) is 0 Å². The summed E-state index contributed by atoms with van der Waals surface area (Å²) >= 11 is 0. The molecule has 0 saturated heterocycles. The minimum Gasteiger partial charge on any atom is -0.371 e. The summed E-state index contributed by atoms with van der Waals surface area (Å²) in [5, 5.41) is 0. The van der Waals surface area contributed by atoms with E-state index in [2.05, 4.69) is 20.8 Å². The predicted molar refractivity (Wildman–Crippen MR) is 46.4 cm³/mol. The molecule has 0 aromatic heterocycles. The minimum atomic E-state index is -0.0351. The third kappa shape index (κ3) is 3.21. The standard InChI is InChI=1S/C9H19NO/c1-9(2,3)11-8(6-10)7-4-5-7/h7-8H,4-6,10H2,1-3H3. The Morgan fingerprint density at radius 2 is 2.00 bits per heavy atom. The van der Waals surface area contributed by atoms with Gasteiger partial charge in [-0.15, -0.1) is 0 Å². The van der Waals surface area contributed by atoms with Gasteiger partial charge in [0.1, 0.15) is 0 Å². The first-order valence-corrected chi connectivity index (χ1v) is 4.41. The topological polar surface area (TPSA) is 35.2 Å². The van der Waals surface area contributed by atoms with Crippen LogP contribution in [0.3, 0.4) is 0 Å². The van der Waals surface area contributed by atoms with Crippen LogP contribution in [0.2, 0.25) is 0 Å². The van der Waals surface area contributed by atoms with Crippen LogP contribution in [0.4, 0.5) is 0 Å². The number of hydrogen-bond donors (Lipinski definition) is 1. The van der Waals surface area contributed by atoms with Gasteiger partial charge in [0, 0.05) is 6.54 Å². The van der Waals surface area contributed by atoms with Crippen molar-refractivity contribution in [2.45, 2.75) is 45.3 Å². The van der Waals surface area contributed by atoms with E-state index in [9.17, 15) is 0 Å². The lowest BCUT2D eigenvalue weighted by atomic mass is 10.1. The summed E-state index contributed by atoms with van der Waals surface area (Å²) in [5.41, 5.74) is 5.56. The lowest BCUT2D eigenvalue weighted by Gasteiger charge is -2.26. The highest BCUT2D eigenvalue weighted by molar-refractivity contribution is 4.84. The van der Waals surface area contributed by atoms with Crippen LogP contribution >= 0.6 is 0 Å². The quantitative estimate of drug-likeness (QED) is 0.674. The fraction of sp³-hybridized carbons (Fsp3) is 1.00. The number of ether oxygens (including phenoxy) is 1. The molecule has 1 saturated carbocycles. The highest BCUT2D eigenvalue weighted by Crippen LogP contribution is 2.35. The zero-order valence-electron chi connectivity index (χ0n) is 7.76. The summed E-state index contributed by atoms with van der Waals surface area (Å²) < 4.78 is 5.79. The van der Waals surface area contributed by atoms with E-state index in [4.69, 9.17) is 10.5 Å². The summed E-state index contributed by atoms with van der Waals surface area (Å²) in [5.74, 6) is 0.749. The second-order valence-corrected chi connectivity index (χ2v) is 4.34. The monoisotopic (exact) mass is 157 g/mol. The maximum Gasteiger partial charge on any atom is 0.0732 e. The maximum atomic E-state index is 5.79. The molecule has 0 aromatic carbocycles. The Bertz CT molecular complexity index is 124. The lowest BCUT2D eigenvalue weighted by Crippen LogP contribution is -2.34. The molecule has 0 aromatic rings. The smallest absolute Gasteiger partial charge is 0.0732 e. The van der Waals surface area contributed by atoms with Gasteiger partial charge >= 0.3 is 0 Å². The van der Waals surface area contributed by atoms with E-state index in [0.717, 1.165) is 5.92 Å². The molecule has 0 radical (unpaired) electrons. The van der Waals surface area contributed by atoms with Gasteiger partial charge in [-0.3, -0.25) is 0 Å². The van der Waals surface area contributed by atoms with Gasteiger partial charge < -0.3 is 10.5 Å². The largest absolute Gasteiger partial charge is 0.371 e. The Hall–Kier alpha value is -0.0800. The SMILES string of the molecule is CC(C)(C)OC(CN)C1CC1. The molecule has 2 heteroatoms. The van der Waals surface area contributed by atoms with Crippen molar-refractivity contribution in [2.24, 2.45) is 11.7 Å². The molecule has 66 valence electrons. The predicted octanol–water partition coefficient (Wildman–Crippen LogP) is 1.54. The summed E-state index contributed by atoms with van der Waals surface area (Å²) in [6.45, 7) is 6.91. The summed E-state index contributed by atoms with van der Waals surface area (Å²) in [7, 11) is 0. The second-order valence-electron chi connectivity index (χ2n) is 4.34. The van der Waals surface area contributed by atoms with Crippen LogP contribution in [0.25, 0.3) is 0 Å². The molecule has 11 heavy (non-hydrogen) atoms. The van der Waals surface area contributed by atoms with E-state index in [1.807, 2.05) is 0 Å². The van der Waals surface area contributed by atoms with Crippen LogP contribution in [0.1, 0.15) is 33.6 Å². The summed E-state index contributed by atoms with van der Waals surface area (Å²) in [6.07, 6.45) is 2.91. The molecular weight excluding hydrogens is 138 g/mol. The van der Waals surface area contributed by atoms with Gasteiger partial charge in [0.15, 0.2) is 0 Å². The van der Waals surface area contributed by atoms with Crippen molar-refractivity contribution >= 4 is 0 Å². The third-order valence-electron chi connectivity index (χ3n) is 1.89. The number of hydrogen-bond acceptors (Lipinski definition) is 2. The van der Waals surface area contributed by atoms with Gasteiger partial charge in [0.25, 0.3) is 0 Å². The van der Waals surface area contributed by atoms with Gasteiger partial charge in [0.2, 0.25) is 0 Å². The zero-order valence-corrected chi connectivity index (χ0v) is 7.76. The normalized spacial score (nSPS) is 21.8. The van der Waals surface area contributed by atoms with Gasteiger partial charge in [-0.25, -0.2) is 0 Å². The minimum absolute atomic E-state index is 0.0351. The molecule has 0 aliphatic heterocycles. The Balaban J connectivity index is 2.31. The van der Waals surface area contributed by atoms with E-state index >= 15 is 0 Å². The Kier molecular flexibility index (Phi) is 2.55. The highest BCUT2D eigenvalue weighted by Gasteiger charge is 2.33. The molecule has 0 amide bonds. The van der Waals surface area contributed by atoms with Crippen molar-refractivity contribution < 1.29 is 4.74 Å². The van der Waals surface area contributed by atoms with Crippen LogP contribution in [0.5, 0.6) is 0 Å². The van der Waals surface area contributed by atoms with Crippen LogP contribution in [0.15, 0.2) is 0 Å². The molecule has 0 bridgehead atoms. The first kappa shape index (κ1) is 9.01. The lowest BCUT2D eigenvalue weighted by molar-refractivity contribution is -0.0646. The van der Waals surface area contributed by atoms with Crippen molar-refractivity contribution in [3.8, 4) is 0 Å². The van der Waals surface area contributed by atoms with Gasteiger partial charge in [0.05, 0.1) is 11.7 Å². The fourth-order valence-electron chi connectivity index (χ4n) is 1.26. The van der Waals surface area contributed by atoms with Crippen molar-refractivity contribution in [3.63, 3.8) is 0 Å². The third-order valence-corrected chi connectivity index (χ3v) is 1.89. The zero-order chi connectivity index (χ0) is 8.48. The van der Waals surface area contributed by atoms with E-state index in [-0.39, 0.29) is 5.60 Å². The average Bonchev–Trinajstić information content (AvgIpc) is 2.61. The van der Waals surface area contributed by atoms with Gasteiger partial charge in [-0.05, 0) is 39.5 Å². The molecule has 1 fully saturated rings. The molecule has 0 heterocycles. The van der Waals surface area contributed by atoms with Gasteiger partial charge in [-0.1, -0.05) is 0 Å². The first-order valence-electron chi connectivity index (χ1n) is 4.41. The fourth-order valence-corrected chi connectivity index (χ4v) is 1.26. The van der Waals surface area contributed by atoms with Crippen LogP contribution in [-0.2, 0) is 4.74 Å². The molecule has 1 aliphatic rings. The van der Waals surface area contributed by atoms with Gasteiger partial charge in [-0.2, -0.15) is 0 Å². The first-order chi connectivity index (χ1) is 5.03. The summed E-state index contributed by atoms with van der Waals surface area (Å²) in [4.78, 5) is 0. The van der Waals surface area contributed by atoms with Crippen LogP contribution in [0, 0.1) is 5.92 Å². The van der Waals surface area contributed by atoms with E-state index in [0.29, 0.717) is 12.6 Å². The second kappa shape index (κ2) is 3.11. The Morgan fingerprint density at radius 3 is 2.27 bits per heavy atom. The molecule has 1 rings (SSSR count). The van der Waals surface area contributed by atoms with Crippen molar-refractivity contribution in [1.29, 1.82) is 0 Å². The highest BCUT2D eigenvalue weighted by atomic mass is 16.5. The molecule has 1 aliphatic carbocycles. The molecule has 1 unspecified atom stereocenters. The Morgan fingerprint density at radius 1 is 1.45 bits per heavy atom. The summed E-state index contributed by atoms with van der Waals surface area (Å²) in [6, 6.07) is 0. The molecule has 0 spiro atoms. The average molecular weight is 157 g/mol. The van der Waals surface area contributed by atoms with Crippen LogP contribution in [-0.4, -0.2) is 18.2 Å².